The highest BCUT2D eigenvalue weighted by Crippen LogP contribution is 2.26. The van der Waals surface area contributed by atoms with Crippen molar-refractivity contribution in [2.24, 2.45) is 11.3 Å². The minimum atomic E-state index is -0.855. The van der Waals surface area contributed by atoms with Crippen molar-refractivity contribution in [2.45, 2.75) is 58.8 Å². The van der Waals surface area contributed by atoms with Crippen LogP contribution in [-0.4, -0.2) is 12.5 Å². The zero-order valence-corrected chi connectivity index (χ0v) is 11.1. The number of hydrogen-bond donors (Lipinski definition) is 1. The Balaban J connectivity index is 2.26. The lowest BCUT2D eigenvalue weighted by Crippen LogP contribution is -2.38. The van der Waals surface area contributed by atoms with Gasteiger partial charge < -0.3 is 5.32 Å². The van der Waals surface area contributed by atoms with E-state index < -0.39 is 5.41 Å². The maximum atomic E-state index is 11.8. The fourth-order valence-electron chi connectivity index (χ4n) is 2.35. The van der Waals surface area contributed by atoms with Crippen molar-refractivity contribution < 1.29 is 4.79 Å². The van der Waals surface area contributed by atoms with Gasteiger partial charge in [-0.05, 0) is 25.7 Å². The summed E-state index contributed by atoms with van der Waals surface area (Å²) in [6, 6.07) is 2.10. The zero-order valence-electron chi connectivity index (χ0n) is 11.1. The van der Waals surface area contributed by atoms with E-state index in [0.717, 1.165) is 18.9 Å². The van der Waals surface area contributed by atoms with E-state index in [1.54, 1.807) is 6.92 Å². The van der Waals surface area contributed by atoms with Crippen LogP contribution in [0.5, 0.6) is 0 Å². The molecule has 0 saturated heterocycles. The summed E-state index contributed by atoms with van der Waals surface area (Å²) < 4.78 is 0. The fraction of sp³-hybridized carbons (Fsp3) is 0.857. The molecule has 1 N–H and O–H groups in total. The molecular formula is C14H24N2O. The maximum Gasteiger partial charge on any atom is 0.240 e. The molecule has 0 aliphatic heterocycles. The summed E-state index contributed by atoms with van der Waals surface area (Å²) in [7, 11) is 0. The van der Waals surface area contributed by atoms with Crippen LogP contribution < -0.4 is 5.32 Å². The van der Waals surface area contributed by atoms with Crippen molar-refractivity contribution in [3.8, 4) is 6.07 Å². The van der Waals surface area contributed by atoms with Crippen LogP contribution in [0.1, 0.15) is 58.8 Å². The van der Waals surface area contributed by atoms with Crippen LogP contribution in [0.25, 0.3) is 0 Å². The largest absolute Gasteiger partial charge is 0.355 e. The van der Waals surface area contributed by atoms with Crippen molar-refractivity contribution in [3.05, 3.63) is 0 Å². The number of carbonyl (C=O) groups excluding carboxylic acids is 1. The maximum absolute atomic E-state index is 11.8. The Labute approximate surface area is 105 Å². The molecule has 0 aromatic heterocycles. The third kappa shape index (κ3) is 4.03. The number of carbonyl (C=O) groups is 1. The van der Waals surface area contributed by atoms with Gasteiger partial charge in [0.25, 0.3) is 0 Å². The minimum absolute atomic E-state index is 0.113. The van der Waals surface area contributed by atoms with E-state index in [-0.39, 0.29) is 5.91 Å². The van der Waals surface area contributed by atoms with E-state index in [4.69, 9.17) is 5.26 Å². The van der Waals surface area contributed by atoms with Gasteiger partial charge in [0.1, 0.15) is 5.41 Å². The number of nitrogens with one attached hydrogen (secondary N) is 1. The SMILES string of the molecule is CCC(C)(C#N)C(=O)NCCC1CCCCC1. The molecule has 17 heavy (non-hydrogen) atoms. The summed E-state index contributed by atoms with van der Waals surface area (Å²) in [6.07, 6.45) is 8.28. The van der Waals surface area contributed by atoms with Crippen molar-refractivity contribution in [3.63, 3.8) is 0 Å². The predicted octanol–water partition coefficient (Wildman–Crippen LogP) is 3.01. The Hall–Kier alpha value is -1.04. The smallest absolute Gasteiger partial charge is 0.240 e. The predicted molar refractivity (Wildman–Crippen MR) is 68.2 cm³/mol. The molecule has 1 aliphatic carbocycles. The average Bonchev–Trinajstić information content (AvgIpc) is 2.39. The van der Waals surface area contributed by atoms with Crippen LogP contribution in [0.3, 0.4) is 0 Å². The third-order valence-electron chi connectivity index (χ3n) is 4.02. The minimum Gasteiger partial charge on any atom is -0.355 e. The van der Waals surface area contributed by atoms with Crippen LogP contribution >= 0.6 is 0 Å². The molecule has 1 fully saturated rings. The molecule has 0 spiro atoms. The van der Waals surface area contributed by atoms with Crippen LogP contribution in [0.15, 0.2) is 0 Å². The molecule has 1 amide bonds. The molecule has 0 heterocycles. The lowest BCUT2D eigenvalue weighted by Gasteiger charge is -2.23. The number of rotatable bonds is 5. The van der Waals surface area contributed by atoms with Crippen LogP contribution in [-0.2, 0) is 4.79 Å². The van der Waals surface area contributed by atoms with Crippen LogP contribution in [0.2, 0.25) is 0 Å². The Morgan fingerprint density at radius 1 is 1.41 bits per heavy atom. The first kappa shape index (κ1) is 14.0. The van der Waals surface area contributed by atoms with Gasteiger partial charge in [0, 0.05) is 6.54 Å². The van der Waals surface area contributed by atoms with E-state index in [2.05, 4.69) is 11.4 Å². The van der Waals surface area contributed by atoms with E-state index in [1.807, 2.05) is 6.92 Å². The number of nitriles is 1. The lowest BCUT2D eigenvalue weighted by molar-refractivity contribution is -0.127. The summed E-state index contributed by atoms with van der Waals surface area (Å²) >= 11 is 0. The number of nitrogens with zero attached hydrogens (tertiary/aromatic N) is 1. The molecule has 1 aliphatic rings. The molecule has 0 aromatic carbocycles. The molecule has 1 rings (SSSR count). The third-order valence-corrected chi connectivity index (χ3v) is 4.02. The molecule has 0 radical (unpaired) electrons. The Kier molecular flexibility index (Phi) is 5.47. The first-order chi connectivity index (χ1) is 8.12. The van der Waals surface area contributed by atoms with Gasteiger partial charge >= 0.3 is 0 Å². The summed E-state index contributed by atoms with van der Waals surface area (Å²) in [4.78, 5) is 11.8. The number of amides is 1. The molecule has 96 valence electrons. The molecule has 0 bridgehead atoms. The Bertz CT molecular complexity index is 289. The lowest BCUT2D eigenvalue weighted by atomic mass is 9.86. The van der Waals surface area contributed by atoms with Crippen molar-refractivity contribution in [1.29, 1.82) is 5.26 Å². The molecule has 1 unspecified atom stereocenters. The standard InChI is InChI=1S/C14H24N2O/c1-3-14(2,11-15)13(17)16-10-9-12-7-5-4-6-8-12/h12H,3-10H2,1-2H3,(H,16,17). The fourth-order valence-corrected chi connectivity index (χ4v) is 2.35. The summed E-state index contributed by atoms with van der Waals surface area (Å²) in [5.41, 5.74) is -0.855. The molecular weight excluding hydrogens is 212 g/mol. The Morgan fingerprint density at radius 2 is 2.06 bits per heavy atom. The summed E-state index contributed by atoms with van der Waals surface area (Å²) in [5, 5.41) is 11.9. The second-order valence-electron chi connectivity index (χ2n) is 5.35. The van der Waals surface area contributed by atoms with E-state index in [9.17, 15) is 4.79 Å². The molecule has 0 aromatic rings. The van der Waals surface area contributed by atoms with Crippen LogP contribution in [0, 0.1) is 22.7 Å². The molecule has 3 nitrogen and oxygen atoms in total. The highest BCUT2D eigenvalue weighted by Gasteiger charge is 2.30. The van der Waals surface area contributed by atoms with Gasteiger partial charge in [-0.2, -0.15) is 5.26 Å². The van der Waals surface area contributed by atoms with E-state index >= 15 is 0 Å². The van der Waals surface area contributed by atoms with Gasteiger partial charge in [0.05, 0.1) is 6.07 Å². The monoisotopic (exact) mass is 236 g/mol. The van der Waals surface area contributed by atoms with Gasteiger partial charge in [-0.25, -0.2) is 0 Å². The molecule has 1 saturated carbocycles. The summed E-state index contributed by atoms with van der Waals surface area (Å²) in [5.74, 6) is 0.664. The van der Waals surface area contributed by atoms with Gasteiger partial charge in [-0.1, -0.05) is 39.0 Å². The average molecular weight is 236 g/mol. The Morgan fingerprint density at radius 3 is 2.59 bits per heavy atom. The van der Waals surface area contributed by atoms with Crippen molar-refractivity contribution in [1.82, 2.24) is 5.32 Å². The highest BCUT2D eigenvalue weighted by molar-refractivity contribution is 5.84. The quantitative estimate of drug-likeness (QED) is 0.797. The van der Waals surface area contributed by atoms with Crippen LogP contribution in [0.4, 0.5) is 0 Å². The van der Waals surface area contributed by atoms with Gasteiger partial charge in [0.15, 0.2) is 0 Å². The number of hydrogen-bond acceptors (Lipinski definition) is 2. The zero-order chi connectivity index (χ0) is 12.7. The highest BCUT2D eigenvalue weighted by atomic mass is 16.2. The van der Waals surface area contributed by atoms with E-state index in [0.29, 0.717) is 6.42 Å². The normalized spacial score (nSPS) is 20.3. The van der Waals surface area contributed by atoms with Crippen molar-refractivity contribution in [2.75, 3.05) is 6.54 Å². The molecule has 1 atom stereocenters. The first-order valence-corrected chi connectivity index (χ1v) is 6.82. The first-order valence-electron chi connectivity index (χ1n) is 6.82. The summed E-state index contributed by atoms with van der Waals surface area (Å²) in [6.45, 7) is 4.31. The van der Waals surface area contributed by atoms with Gasteiger partial charge in [-0.15, -0.1) is 0 Å². The van der Waals surface area contributed by atoms with Gasteiger partial charge in [0.2, 0.25) is 5.91 Å². The van der Waals surface area contributed by atoms with Gasteiger partial charge in [-0.3, -0.25) is 4.79 Å². The van der Waals surface area contributed by atoms with Crippen molar-refractivity contribution >= 4 is 5.91 Å². The van der Waals surface area contributed by atoms with E-state index in [1.165, 1.54) is 32.1 Å². The molecule has 3 heteroatoms. The second-order valence-corrected chi connectivity index (χ2v) is 5.35. The topological polar surface area (TPSA) is 52.9 Å². The second kappa shape index (κ2) is 6.64.